The molecule has 0 aromatic heterocycles. The van der Waals surface area contributed by atoms with Gasteiger partial charge in [0, 0.05) is 38.3 Å². The van der Waals surface area contributed by atoms with Crippen molar-refractivity contribution in [2.45, 2.75) is 25.3 Å². The predicted octanol–water partition coefficient (Wildman–Crippen LogP) is 3.31. The highest BCUT2D eigenvalue weighted by Gasteiger charge is 2.27. The Bertz CT molecular complexity index is 1130. The van der Waals surface area contributed by atoms with Gasteiger partial charge in [0.15, 0.2) is 11.4 Å². The van der Waals surface area contributed by atoms with Gasteiger partial charge in [-0.05, 0) is 31.0 Å². The van der Waals surface area contributed by atoms with E-state index in [4.69, 9.17) is 32.3 Å². The number of ether oxygens (including phenoxy) is 3. The Balaban J connectivity index is 1.62. The Kier molecular flexibility index (Phi) is 8.53. The molecule has 0 aliphatic carbocycles. The fourth-order valence-electron chi connectivity index (χ4n) is 3.68. The van der Waals surface area contributed by atoms with E-state index in [2.05, 4.69) is 15.5 Å². The number of nitrogen functional groups attached to an aromatic ring is 1. The van der Waals surface area contributed by atoms with Gasteiger partial charge in [-0.15, -0.1) is 0 Å². The second-order valence-corrected chi connectivity index (χ2v) is 7.93. The van der Waals surface area contributed by atoms with Gasteiger partial charge in [-0.2, -0.15) is 0 Å². The molecule has 0 saturated heterocycles. The summed E-state index contributed by atoms with van der Waals surface area (Å²) in [6.07, 6.45) is 2.00. The van der Waals surface area contributed by atoms with Crippen LogP contribution in [0.1, 0.15) is 29.6 Å². The second kappa shape index (κ2) is 11.8. The number of nitrogens with zero attached hydrogens (tertiary/aromatic N) is 2. The van der Waals surface area contributed by atoms with E-state index in [1.54, 1.807) is 13.2 Å². The maximum absolute atomic E-state index is 11.6. The van der Waals surface area contributed by atoms with E-state index in [1.165, 1.54) is 18.2 Å². The Hall–Kier alpha value is -4.24. The van der Waals surface area contributed by atoms with Crippen molar-refractivity contribution >= 4 is 34.3 Å². The molecule has 0 unspecified atom stereocenters. The van der Waals surface area contributed by atoms with Crippen LogP contribution >= 0.6 is 0 Å². The van der Waals surface area contributed by atoms with Crippen molar-refractivity contribution in [1.29, 1.82) is 0 Å². The number of anilines is 3. The normalized spacial score (nSPS) is 14.1. The molecule has 0 fully saturated rings. The number of methoxy groups -OCH3 is 1. The quantitative estimate of drug-likeness (QED) is 0.116. The average Bonchev–Trinajstić information content (AvgIpc) is 2.84. The molecule has 1 atom stereocenters. The van der Waals surface area contributed by atoms with Crippen LogP contribution in [0.15, 0.2) is 24.3 Å². The lowest BCUT2D eigenvalue weighted by Gasteiger charge is -2.27. The molecule has 1 aliphatic rings. The Morgan fingerprint density at radius 3 is 2.83 bits per heavy atom. The molecule has 12 heteroatoms. The highest BCUT2D eigenvalue weighted by atomic mass is 16.6. The van der Waals surface area contributed by atoms with E-state index >= 15 is 0 Å². The van der Waals surface area contributed by atoms with Crippen molar-refractivity contribution in [1.82, 2.24) is 0 Å². The zero-order valence-electron chi connectivity index (χ0n) is 19.3. The van der Waals surface area contributed by atoms with Crippen molar-refractivity contribution in [3.05, 3.63) is 51.4 Å². The highest BCUT2D eigenvalue weighted by molar-refractivity contribution is 5.96. The number of amides is 1. The number of nitro groups is 1. The summed E-state index contributed by atoms with van der Waals surface area (Å²) in [5.41, 5.74) is 12.9. The number of benzene rings is 2. The Morgan fingerprint density at radius 1 is 1.34 bits per heavy atom. The summed E-state index contributed by atoms with van der Waals surface area (Å²) < 4.78 is 16.5. The average molecular weight is 485 g/mol. The van der Waals surface area contributed by atoms with Gasteiger partial charge in [-0.1, -0.05) is 0 Å². The van der Waals surface area contributed by atoms with Gasteiger partial charge in [0.2, 0.25) is 5.91 Å². The van der Waals surface area contributed by atoms with Crippen molar-refractivity contribution in [3.63, 3.8) is 0 Å². The molecule has 6 N–H and O–H groups in total. The van der Waals surface area contributed by atoms with Gasteiger partial charge in [-0.3, -0.25) is 14.9 Å². The SMILES string of the molecule is [C-]#[N+]c1cc2c(c([N+](=O)[O-])c1)N[C@@H](CCCNc1c(N)cc(C(N)=O)cc1OCCCOC)CO2. The van der Waals surface area contributed by atoms with Crippen LogP contribution in [-0.2, 0) is 4.74 Å². The molecule has 186 valence electrons. The first kappa shape index (κ1) is 25.4. The summed E-state index contributed by atoms with van der Waals surface area (Å²) in [5, 5.41) is 17.9. The summed E-state index contributed by atoms with van der Waals surface area (Å²) in [7, 11) is 1.60. The van der Waals surface area contributed by atoms with E-state index in [-0.39, 0.29) is 28.7 Å². The minimum Gasteiger partial charge on any atom is -0.491 e. The van der Waals surface area contributed by atoms with Crippen LogP contribution in [-0.4, -0.2) is 50.3 Å². The van der Waals surface area contributed by atoms with Crippen LogP contribution in [0.4, 0.5) is 28.4 Å². The molecular weight excluding hydrogens is 456 g/mol. The molecule has 0 spiro atoms. The van der Waals surface area contributed by atoms with Gasteiger partial charge in [0.1, 0.15) is 23.8 Å². The van der Waals surface area contributed by atoms with Crippen molar-refractivity contribution in [3.8, 4) is 11.5 Å². The van der Waals surface area contributed by atoms with E-state index < -0.39 is 10.8 Å². The lowest BCUT2D eigenvalue weighted by molar-refractivity contribution is -0.384. The summed E-state index contributed by atoms with van der Waals surface area (Å²) in [6.45, 7) is 8.86. The van der Waals surface area contributed by atoms with Crippen molar-refractivity contribution < 1.29 is 23.9 Å². The molecule has 3 rings (SSSR count). The molecule has 1 heterocycles. The molecule has 1 amide bonds. The number of fused-ring (bicyclic) bond motifs is 1. The Labute approximate surface area is 202 Å². The monoisotopic (exact) mass is 484 g/mol. The van der Waals surface area contributed by atoms with Crippen LogP contribution in [0.5, 0.6) is 11.5 Å². The maximum Gasteiger partial charge on any atom is 0.286 e. The molecule has 35 heavy (non-hydrogen) atoms. The largest absolute Gasteiger partial charge is 0.491 e. The molecule has 2 aromatic rings. The fraction of sp³-hybridized carbons (Fsp3) is 0.391. The number of carbonyl (C=O) groups excluding carboxylic acids is 1. The maximum atomic E-state index is 11.6. The number of hydrogen-bond donors (Lipinski definition) is 4. The van der Waals surface area contributed by atoms with Crippen LogP contribution in [0.2, 0.25) is 0 Å². The smallest absolute Gasteiger partial charge is 0.286 e. The minimum atomic E-state index is -0.605. The number of rotatable bonds is 12. The number of nitrogens with two attached hydrogens (primary N) is 2. The van der Waals surface area contributed by atoms with E-state index in [0.717, 1.165) is 0 Å². The summed E-state index contributed by atoms with van der Waals surface area (Å²) >= 11 is 0. The molecule has 12 nitrogen and oxygen atoms in total. The minimum absolute atomic E-state index is 0.152. The lowest BCUT2D eigenvalue weighted by Crippen LogP contribution is -2.32. The molecule has 2 aromatic carbocycles. The van der Waals surface area contributed by atoms with Gasteiger partial charge >= 0.3 is 0 Å². The number of carbonyl (C=O) groups is 1. The molecule has 0 saturated carbocycles. The molecule has 0 radical (unpaired) electrons. The van der Waals surface area contributed by atoms with Gasteiger partial charge in [0.05, 0.1) is 29.8 Å². The summed E-state index contributed by atoms with van der Waals surface area (Å²) in [6, 6.07) is 5.63. The van der Waals surface area contributed by atoms with Gasteiger partial charge < -0.3 is 36.3 Å². The van der Waals surface area contributed by atoms with Crippen molar-refractivity contribution in [2.24, 2.45) is 5.73 Å². The summed E-state index contributed by atoms with van der Waals surface area (Å²) in [4.78, 5) is 25.8. The third-order valence-electron chi connectivity index (χ3n) is 5.38. The number of nitrogens with one attached hydrogen (secondary N) is 2. The van der Waals surface area contributed by atoms with Crippen LogP contribution in [0.3, 0.4) is 0 Å². The van der Waals surface area contributed by atoms with Gasteiger partial charge in [0.25, 0.3) is 5.69 Å². The second-order valence-electron chi connectivity index (χ2n) is 7.93. The third-order valence-corrected chi connectivity index (χ3v) is 5.38. The van der Waals surface area contributed by atoms with E-state index in [9.17, 15) is 14.9 Å². The van der Waals surface area contributed by atoms with Crippen LogP contribution in [0.25, 0.3) is 4.85 Å². The Morgan fingerprint density at radius 2 is 2.14 bits per heavy atom. The standard InChI is InChI=1S/C23H28N6O6/c1-26-16-11-18(29(31)32)22-20(12-16)35-13-15(28-22)5-3-6-27-21-17(24)9-14(23(25)30)10-19(21)34-8-4-7-33-2/h9-12,15,27-28H,3-8,13,24H2,2H3,(H2,25,30)/t15-/m0/s1. The fourth-order valence-corrected chi connectivity index (χ4v) is 3.68. The van der Waals surface area contributed by atoms with E-state index in [0.29, 0.717) is 68.5 Å². The number of primary amides is 1. The molecule has 1 aliphatic heterocycles. The molecular formula is C23H28N6O6. The predicted molar refractivity (Wildman–Crippen MR) is 131 cm³/mol. The zero-order valence-corrected chi connectivity index (χ0v) is 19.3. The van der Waals surface area contributed by atoms with Crippen LogP contribution < -0.4 is 31.6 Å². The number of nitro benzene ring substituents is 1. The highest BCUT2D eigenvalue weighted by Crippen LogP contribution is 2.41. The zero-order chi connectivity index (χ0) is 25.4. The topological polar surface area (TPSA) is 168 Å². The first-order valence-corrected chi connectivity index (χ1v) is 11.0. The third kappa shape index (κ3) is 6.42. The first-order valence-electron chi connectivity index (χ1n) is 11.0. The van der Waals surface area contributed by atoms with E-state index in [1.807, 2.05) is 0 Å². The lowest BCUT2D eigenvalue weighted by atomic mass is 10.1. The van der Waals surface area contributed by atoms with Gasteiger partial charge in [-0.25, -0.2) is 4.85 Å². The van der Waals surface area contributed by atoms with Crippen LogP contribution in [0, 0.1) is 16.7 Å². The molecule has 0 bridgehead atoms. The summed E-state index contributed by atoms with van der Waals surface area (Å²) in [5.74, 6) is 0.123. The number of hydrogen-bond acceptors (Lipinski definition) is 9. The first-order chi connectivity index (χ1) is 16.8. The van der Waals surface area contributed by atoms with Crippen molar-refractivity contribution in [2.75, 3.05) is 49.8 Å².